The summed E-state index contributed by atoms with van der Waals surface area (Å²) in [6.45, 7) is 4.68. The van der Waals surface area contributed by atoms with Crippen molar-refractivity contribution in [1.29, 1.82) is 0 Å². The highest BCUT2D eigenvalue weighted by Gasteiger charge is 2.28. The second-order valence-corrected chi connectivity index (χ2v) is 7.86. The first-order valence-electron chi connectivity index (χ1n) is 10.4. The van der Waals surface area contributed by atoms with Gasteiger partial charge in [0, 0.05) is 38.5 Å². The Morgan fingerprint density at radius 2 is 1.79 bits per heavy atom. The Morgan fingerprint density at radius 3 is 2.41 bits per heavy atom. The third kappa shape index (κ3) is 6.16. The van der Waals surface area contributed by atoms with Crippen LogP contribution in [0, 0.1) is 0 Å². The molecule has 29 heavy (non-hydrogen) atoms. The SMILES string of the molecule is CN(C)c1ccc([C@H](CNC(=O)C(=O)NC[C@@H]2CCCO2)[NH+]2CCOCC2)cc1. The van der Waals surface area contributed by atoms with Gasteiger partial charge in [0.15, 0.2) is 0 Å². The van der Waals surface area contributed by atoms with Crippen molar-refractivity contribution < 1.29 is 24.0 Å². The van der Waals surface area contributed by atoms with E-state index in [0.29, 0.717) is 26.3 Å². The molecule has 0 aromatic heterocycles. The smallest absolute Gasteiger partial charge is 0.309 e. The van der Waals surface area contributed by atoms with E-state index in [4.69, 9.17) is 9.47 Å². The van der Waals surface area contributed by atoms with Crippen molar-refractivity contribution in [2.75, 3.05) is 65.0 Å². The number of hydrogen-bond acceptors (Lipinski definition) is 5. The third-order valence-electron chi connectivity index (χ3n) is 5.63. The maximum atomic E-state index is 12.3. The first-order chi connectivity index (χ1) is 14.0. The van der Waals surface area contributed by atoms with E-state index < -0.39 is 11.8 Å². The second kappa shape index (κ2) is 10.6. The number of benzene rings is 1. The lowest BCUT2D eigenvalue weighted by Crippen LogP contribution is -3.15. The van der Waals surface area contributed by atoms with Crippen LogP contribution >= 0.6 is 0 Å². The van der Waals surface area contributed by atoms with Crippen LogP contribution in [0.15, 0.2) is 24.3 Å². The molecular formula is C21H33N4O4+. The maximum absolute atomic E-state index is 12.3. The molecule has 0 saturated carbocycles. The Balaban J connectivity index is 1.58. The Morgan fingerprint density at radius 1 is 1.10 bits per heavy atom. The van der Waals surface area contributed by atoms with Gasteiger partial charge in [-0.2, -0.15) is 0 Å². The quantitative estimate of drug-likeness (QED) is 0.513. The summed E-state index contributed by atoms with van der Waals surface area (Å²) in [5, 5.41) is 5.51. The van der Waals surface area contributed by atoms with Crippen molar-refractivity contribution in [2.45, 2.75) is 25.0 Å². The number of nitrogens with one attached hydrogen (secondary N) is 3. The lowest BCUT2D eigenvalue weighted by molar-refractivity contribution is -0.937. The number of anilines is 1. The van der Waals surface area contributed by atoms with Crippen LogP contribution in [0.1, 0.15) is 24.4 Å². The van der Waals surface area contributed by atoms with Crippen LogP contribution in [0.3, 0.4) is 0 Å². The highest BCUT2D eigenvalue weighted by Crippen LogP contribution is 2.16. The van der Waals surface area contributed by atoms with E-state index in [9.17, 15) is 9.59 Å². The van der Waals surface area contributed by atoms with E-state index in [-0.39, 0.29) is 12.1 Å². The van der Waals surface area contributed by atoms with E-state index in [2.05, 4.69) is 39.8 Å². The van der Waals surface area contributed by atoms with Crippen molar-refractivity contribution in [3.63, 3.8) is 0 Å². The highest BCUT2D eigenvalue weighted by molar-refractivity contribution is 6.35. The topological polar surface area (TPSA) is 84.3 Å². The van der Waals surface area contributed by atoms with Gasteiger partial charge in [0.1, 0.15) is 19.1 Å². The number of quaternary nitrogens is 1. The summed E-state index contributed by atoms with van der Waals surface area (Å²) in [4.78, 5) is 27.9. The van der Waals surface area contributed by atoms with Crippen molar-refractivity contribution >= 4 is 17.5 Å². The normalized spacial score (nSPS) is 20.8. The Hall–Kier alpha value is -2.16. The van der Waals surface area contributed by atoms with E-state index >= 15 is 0 Å². The first kappa shape index (κ1) is 21.5. The van der Waals surface area contributed by atoms with Crippen LogP contribution < -0.4 is 20.4 Å². The molecular weight excluding hydrogens is 372 g/mol. The van der Waals surface area contributed by atoms with Crippen LogP contribution in [-0.2, 0) is 19.1 Å². The lowest BCUT2D eigenvalue weighted by atomic mass is 10.0. The number of hydrogen-bond donors (Lipinski definition) is 3. The van der Waals surface area contributed by atoms with Gasteiger partial charge in [0.25, 0.3) is 0 Å². The largest absolute Gasteiger partial charge is 0.378 e. The van der Waals surface area contributed by atoms with Gasteiger partial charge in [0.2, 0.25) is 0 Å². The molecule has 1 aromatic carbocycles. The van der Waals surface area contributed by atoms with Crippen LogP contribution in [0.25, 0.3) is 0 Å². The molecule has 2 amide bonds. The van der Waals surface area contributed by atoms with Gasteiger partial charge < -0.3 is 29.9 Å². The minimum absolute atomic E-state index is 0.0208. The van der Waals surface area contributed by atoms with E-state index in [1.165, 1.54) is 4.90 Å². The molecule has 2 heterocycles. The van der Waals surface area contributed by atoms with Crippen LogP contribution in [-0.4, -0.2) is 78.0 Å². The third-order valence-corrected chi connectivity index (χ3v) is 5.63. The first-order valence-corrected chi connectivity index (χ1v) is 10.4. The summed E-state index contributed by atoms with van der Waals surface area (Å²) in [6, 6.07) is 8.44. The second-order valence-electron chi connectivity index (χ2n) is 7.86. The number of ether oxygens (including phenoxy) is 2. The number of carbonyl (C=O) groups is 2. The predicted octanol–water partition coefficient (Wildman–Crippen LogP) is -0.880. The zero-order valence-corrected chi connectivity index (χ0v) is 17.4. The average Bonchev–Trinajstić information content (AvgIpc) is 3.27. The van der Waals surface area contributed by atoms with Crippen LogP contribution in [0.5, 0.6) is 0 Å². The van der Waals surface area contributed by atoms with Gasteiger partial charge in [-0.1, -0.05) is 12.1 Å². The fourth-order valence-corrected chi connectivity index (χ4v) is 3.85. The van der Waals surface area contributed by atoms with E-state index in [0.717, 1.165) is 43.8 Å². The van der Waals surface area contributed by atoms with Crippen molar-refractivity contribution in [2.24, 2.45) is 0 Å². The predicted molar refractivity (Wildman–Crippen MR) is 110 cm³/mol. The Kier molecular flexibility index (Phi) is 7.85. The van der Waals surface area contributed by atoms with Crippen LogP contribution in [0.4, 0.5) is 5.69 Å². The van der Waals surface area contributed by atoms with E-state index in [1.807, 2.05) is 14.1 Å². The summed E-state index contributed by atoms with van der Waals surface area (Å²) in [6.07, 6.45) is 1.95. The summed E-state index contributed by atoms with van der Waals surface area (Å²) in [7, 11) is 4.02. The molecule has 0 bridgehead atoms. The number of rotatable bonds is 7. The van der Waals surface area contributed by atoms with Gasteiger partial charge in [-0.15, -0.1) is 0 Å². The molecule has 2 atom stereocenters. The minimum Gasteiger partial charge on any atom is -0.378 e. The molecule has 8 nitrogen and oxygen atoms in total. The molecule has 2 aliphatic heterocycles. The number of morpholine rings is 1. The molecule has 0 aliphatic carbocycles. The molecule has 0 unspecified atom stereocenters. The summed E-state index contributed by atoms with van der Waals surface area (Å²) in [5.74, 6) is -1.19. The summed E-state index contributed by atoms with van der Waals surface area (Å²) in [5.41, 5.74) is 2.27. The monoisotopic (exact) mass is 405 g/mol. The molecule has 3 rings (SSSR count). The zero-order valence-electron chi connectivity index (χ0n) is 17.4. The Labute approximate surface area is 172 Å². The fraction of sp³-hybridized carbons (Fsp3) is 0.619. The van der Waals surface area contributed by atoms with Gasteiger partial charge >= 0.3 is 11.8 Å². The van der Waals surface area contributed by atoms with Gasteiger partial charge in [0.05, 0.1) is 25.9 Å². The van der Waals surface area contributed by atoms with Gasteiger partial charge in [-0.25, -0.2) is 0 Å². The fourth-order valence-electron chi connectivity index (χ4n) is 3.85. The molecule has 3 N–H and O–H groups in total. The molecule has 160 valence electrons. The van der Waals surface area contributed by atoms with Crippen LogP contribution in [0.2, 0.25) is 0 Å². The Bertz CT molecular complexity index is 668. The summed E-state index contributed by atoms with van der Waals surface area (Å²) >= 11 is 0. The number of carbonyl (C=O) groups excluding carboxylic acids is 2. The number of amides is 2. The molecule has 1 aromatic rings. The molecule has 2 saturated heterocycles. The zero-order chi connectivity index (χ0) is 20.6. The molecule has 2 aliphatic rings. The van der Waals surface area contributed by atoms with Crippen molar-refractivity contribution in [3.8, 4) is 0 Å². The molecule has 0 radical (unpaired) electrons. The van der Waals surface area contributed by atoms with Crippen molar-refractivity contribution in [1.82, 2.24) is 10.6 Å². The molecule has 8 heteroatoms. The maximum Gasteiger partial charge on any atom is 0.309 e. The van der Waals surface area contributed by atoms with Gasteiger partial charge in [-0.3, -0.25) is 9.59 Å². The highest BCUT2D eigenvalue weighted by atomic mass is 16.5. The molecule has 2 fully saturated rings. The average molecular weight is 406 g/mol. The standard InChI is InChI=1S/C21H32N4O4/c1-24(2)17-7-5-16(6-8-17)19(25-9-12-28-13-10-25)15-23-21(27)20(26)22-14-18-4-3-11-29-18/h5-8,18-19H,3-4,9-15H2,1-2H3,(H,22,26)(H,23,27)/p+1/t18-,19-/m0/s1. The summed E-state index contributed by atoms with van der Waals surface area (Å²) < 4.78 is 11.0. The molecule has 0 spiro atoms. The lowest BCUT2D eigenvalue weighted by Gasteiger charge is -2.32. The van der Waals surface area contributed by atoms with Gasteiger partial charge in [-0.05, 0) is 25.0 Å². The van der Waals surface area contributed by atoms with Crippen molar-refractivity contribution in [3.05, 3.63) is 29.8 Å². The van der Waals surface area contributed by atoms with E-state index in [1.54, 1.807) is 0 Å². The number of nitrogens with zero attached hydrogens (tertiary/aromatic N) is 1. The minimum atomic E-state index is -0.598.